The smallest absolute Gasteiger partial charge is 0.263 e. The molecule has 8 nitrogen and oxygen atoms in total. The molecule has 4 aromatic rings. The van der Waals surface area contributed by atoms with E-state index in [1.165, 1.54) is 16.2 Å². The Morgan fingerprint density at radius 1 is 1.08 bits per heavy atom. The second kappa shape index (κ2) is 10.7. The zero-order valence-electron chi connectivity index (χ0n) is 20.0. The van der Waals surface area contributed by atoms with E-state index in [0.29, 0.717) is 33.9 Å². The Labute approximate surface area is 217 Å². The molecule has 0 radical (unpaired) electrons. The topological polar surface area (TPSA) is 109 Å². The summed E-state index contributed by atoms with van der Waals surface area (Å²) in [6, 6.07) is 11.5. The van der Waals surface area contributed by atoms with Crippen LogP contribution in [0.4, 0.5) is 5.13 Å². The van der Waals surface area contributed by atoms with Gasteiger partial charge in [0.1, 0.15) is 9.88 Å². The van der Waals surface area contributed by atoms with E-state index in [-0.39, 0.29) is 11.8 Å². The van der Waals surface area contributed by atoms with Gasteiger partial charge in [-0.3, -0.25) is 19.9 Å². The van der Waals surface area contributed by atoms with Crippen molar-refractivity contribution >= 4 is 39.6 Å². The second-order valence-corrected chi connectivity index (χ2v) is 10.7. The lowest BCUT2D eigenvalue weighted by molar-refractivity contribution is 0.0953. The maximum absolute atomic E-state index is 12.9. The number of pyridine rings is 1. The first-order valence-electron chi connectivity index (χ1n) is 11.7. The van der Waals surface area contributed by atoms with Crippen LogP contribution in [0.25, 0.3) is 10.6 Å². The van der Waals surface area contributed by atoms with E-state index in [2.05, 4.69) is 30.9 Å². The summed E-state index contributed by atoms with van der Waals surface area (Å²) in [4.78, 5) is 40.7. The summed E-state index contributed by atoms with van der Waals surface area (Å²) in [6.45, 7) is 2.13. The number of thiazole rings is 2. The van der Waals surface area contributed by atoms with Crippen LogP contribution in [-0.4, -0.2) is 39.9 Å². The van der Waals surface area contributed by atoms with Crippen LogP contribution in [-0.2, 0) is 19.4 Å². The standard InChI is InChI=1S/C26H26N6O2S2/c1-15-22(36-25(30-15)17-8-10-28-11-9-17)24(34)29-14-16-4-3-5-18(12-16)23(33)32-26-31-20-7-6-19(27-2)13-21(20)35-26/h3-5,8-12,19,27H,6-7,13-14H2,1-2H3,(H,29,34)(H,31,32,33). The Bertz CT molecular complexity index is 1400. The summed E-state index contributed by atoms with van der Waals surface area (Å²) < 4.78 is 0. The first-order valence-corrected chi connectivity index (χ1v) is 13.4. The number of fused-ring (bicyclic) bond motifs is 1. The molecule has 5 rings (SSSR count). The highest BCUT2D eigenvalue weighted by atomic mass is 32.1. The van der Waals surface area contributed by atoms with Gasteiger partial charge in [0.25, 0.3) is 11.8 Å². The predicted octanol–water partition coefficient (Wildman–Crippen LogP) is 4.23. The van der Waals surface area contributed by atoms with Crippen LogP contribution in [0.1, 0.15) is 48.3 Å². The van der Waals surface area contributed by atoms with E-state index >= 15 is 0 Å². The normalized spacial score (nSPS) is 14.8. The number of carbonyl (C=O) groups is 2. The Morgan fingerprint density at radius 2 is 1.92 bits per heavy atom. The van der Waals surface area contributed by atoms with Crippen molar-refractivity contribution in [3.05, 3.63) is 81.1 Å². The summed E-state index contributed by atoms with van der Waals surface area (Å²) in [6.07, 6.45) is 6.33. The molecule has 3 N–H and O–H groups in total. The highest BCUT2D eigenvalue weighted by Gasteiger charge is 2.22. The average Bonchev–Trinajstić information content (AvgIpc) is 3.50. The lowest BCUT2D eigenvalue weighted by Crippen LogP contribution is -2.30. The molecule has 10 heteroatoms. The number of carbonyl (C=O) groups excluding carboxylic acids is 2. The highest BCUT2D eigenvalue weighted by Crippen LogP contribution is 2.30. The van der Waals surface area contributed by atoms with Crippen molar-refractivity contribution in [2.75, 3.05) is 12.4 Å². The first kappa shape index (κ1) is 24.2. The van der Waals surface area contributed by atoms with Crippen molar-refractivity contribution in [2.24, 2.45) is 0 Å². The van der Waals surface area contributed by atoms with Crippen molar-refractivity contribution in [3.8, 4) is 10.6 Å². The molecule has 1 aromatic carbocycles. The van der Waals surface area contributed by atoms with Gasteiger partial charge in [0.05, 0.1) is 11.4 Å². The molecule has 0 saturated heterocycles. The molecular formula is C26H26N6O2S2. The number of nitrogens with one attached hydrogen (secondary N) is 3. The maximum atomic E-state index is 12.9. The average molecular weight is 519 g/mol. The van der Waals surface area contributed by atoms with Crippen molar-refractivity contribution in [3.63, 3.8) is 0 Å². The molecule has 1 aliphatic carbocycles. The zero-order valence-corrected chi connectivity index (χ0v) is 21.6. The molecular weight excluding hydrogens is 492 g/mol. The predicted molar refractivity (Wildman–Crippen MR) is 143 cm³/mol. The van der Waals surface area contributed by atoms with Gasteiger partial charge in [0, 0.05) is 41.0 Å². The lowest BCUT2D eigenvalue weighted by atomic mass is 9.98. The van der Waals surface area contributed by atoms with Crippen molar-refractivity contribution in [1.29, 1.82) is 0 Å². The van der Waals surface area contributed by atoms with Crippen LogP contribution in [0.5, 0.6) is 0 Å². The van der Waals surface area contributed by atoms with Crippen LogP contribution < -0.4 is 16.0 Å². The molecule has 2 amide bonds. The number of anilines is 1. The van der Waals surface area contributed by atoms with E-state index in [0.717, 1.165) is 41.1 Å². The molecule has 1 aliphatic rings. The van der Waals surface area contributed by atoms with Crippen LogP contribution in [0, 0.1) is 6.92 Å². The maximum Gasteiger partial charge on any atom is 0.263 e. The number of nitrogens with zero attached hydrogens (tertiary/aromatic N) is 3. The van der Waals surface area contributed by atoms with Crippen molar-refractivity contribution in [2.45, 2.75) is 38.8 Å². The molecule has 1 atom stereocenters. The number of hydrogen-bond donors (Lipinski definition) is 3. The molecule has 3 aromatic heterocycles. The van der Waals surface area contributed by atoms with Gasteiger partial charge < -0.3 is 10.6 Å². The number of likely N-dealkylation sites (N-methyl/N-ethyl adjacent to an activating group) is 1. The van der Waals surface area contributed by atoms with Crippen molar-refractivity contribution in [1.82, 2.24) is 25.6 Å². The summed E-state index contributed by atoms with van der Waals surface area (Å²) in [5.41, 5.74) is 4.06. The van der Waals surface area contributed by atoms with Crippen LogP contribution >= 0.6 is 22.7 Å². The molecule has 1 unspecified atom stereocenters. The van der Waals surface area contributed by atoms with E-state index in [1.807, 2.05) is 38.2 Å². The minimum atomic E-state index is -0.209. The fourth-order valence-corrected chi connectivity index (χ4v) is 6.23. The summed E-state index contributed by atoms with van der Waals surface area (Å²) in [7, 11) is 1.98. The molecule has 0 bridgehead atoms. The highest BCUT2D eigenvalue weighted by molar-refractivity contribution is 7.17. The van der Waals surface area contributed by atoms with Crippen LogP contribution in [0.3, 0.4) is 0 Å². The van der Waals surface area contributed by atoms with Gasteiger partial charge in [-0.2, -0.15) is 0 Å². The fraction of sp³-hybridized carbons (Fsp3) is 0.269. The minimum absolute atomic E-state index is 0.187. The number of benzene rings is 1. The quantitative estimate of drug-likeness (QED) is 0.338. The monoisotopic (exact) mass is 518 g/mol. The van der Waals surface area contributed by atoms with Crippen molar-refractivity contribution < 1.29 is 9.59 Å². The number of amides is 2. The third kappa shape index (κ3) is 5.35. The Hall–Kier alpha value is -3.47. The number of hydrogen-bond acceptors (Lipinski definition) is 8. The van der Waals surface area contributed by atoms with Gasteiger partial charge in [0.15, 0.2) is 5.13 Å². The molecule has 184 valence electrons. The largest absolute Gasteiger partial charge is 0.347 e. The number of rotatable bonds is 7. The third-order valence-corrected chi connectivity index (χ3v) is 8.38. The van der Waals surface area contributed by atoms with Crippen LogP contribution in [0.15, 0.2) is 48.8 Å². The molecule has 0 spiro atoms. The third-order valence-electron chi connectivity index (χ3n) is 6.14. The Balaban J connectivity index is 1.22. The minimum Gasteiger partial charge on any atom is -0.347 e. The lowest BCUT2D eigenvalue weighted by Gasteiger charge is -2.19. The second-order valence-electron chi connectivity index (χ2n) is 8.62. The van der Waals surface area contributed by atoms with E-state index in [4.69, 9.17) is 0 Å². The summed E-state index contributed by atoms with van der Waals surface area (Å²) in [5, 5.41) is 10.6. The number of aryl methyl sites for hydroxylation is 2. The van der Waals surface area contributed by atoms with E-state index in [9.17, 15) is 9.59 Å². The van der Waals surface area contributed by atoms with Gasteiger partial charge in [-0.15, -0.1) is 22.7 Å². The molecule has 0 fully saturated rings. The van der Waals surface area contributed by atoms with E-state index in [1.54, 1.807) is 35.9 Å². The fourth-order valence-electron chi connectivity index (χ4n) is 4.15. The van der Waals surface area contributed by atoms with Gasteiger partial charge in [-0.05, 0) is 63.1 Å². The van der Waals surface area contributed by atoms with E-state index < -0.39 is 0 Å². The molecule has 0 aliphatic heterocycles. The van der Waals surface area contributed by atoms with Gasteiger partial charge in [-0.1, -0.05) is 12.1 Å². The van der Waals surface area contributed by atoms with Gasteiger partial charge in [-0.25, -0.2) is 9.97 Å². The zero-order chi connectivity index (χ0) is 25.1. The van der Waals surface area contributed by atoms with Gasteiger partial charge >= 0.3 is 0 Å². The number of aromatic nitrogens is 3. The Morgan fingerprint density at radius 3 is 2.72 bits per heavy atom. The SMILES string of the molecule is CNC1CCc2nc(NC(=O)c3cccc(CNC(=O)c4sc(-c5ccncc5)nc4C)c3)sc2C1. The molecule has 0 saturated carbocycles. The first-order chi connectivity index (χ1) is 17.5. The molecule has 36 heavy (non-hydrogen) atoms. The van der Waals surface area contributed by atoms with Gasteiger partial charge in [0.2, 0.25) is 0 Å². The van der Waals surface area contributed by atoms with Crippen LogP contribution in [0.2, 0.25) is 0 Å². The summed E-state index contributed by atoms with van der Waals surface area (Å²) in [5.74, 6) is -0.395. The Kier molecular flexibility index (Phi) is 7.17. The molecule has 3 heterocycles. The summed E-state index contributed by atoms with van der Waals surface area (Å²) >= 11 is 2.90.